The van der Waals surface area contributed by atoms with Crippen LogP contribution in [0.25, 0.3) is 10.8 Å². The highest BCUT2D eigenvalue weighted by Gasteiger charge is 2.25. The number of benzene rings is 2. The van der Waals surface area contributed by atoms with Gasteiger partial charge >= 0.3 is 0 Å². The van der Waals surface area contributed by atoms with Crippen LogP contribution in [0.5, 0.6) is 5.75 Å². The van der Waals surface area contributed by atoms with Crippen LogP contribution in [0.3, 0.4) is 0 Å². The maximum Gasteiger partial charge on any atom is 0.126 e. The number of ether oxygens (including phenoxy) is 1. The average molecular weight is 385 g/mol. The van der Waals surface area contributed by atoms with Crippen LogP contribution in [-0.4, -0.2) is 38.2 Å². The Hall–Kier alpha value is -1.000. The van der Waals surface area contributed by atoms with E-state index in [1.807, 2.05) is 0 Å². The number of hydrogen-bond donors (Lipinski definition) is 1. The molecule has 0 amide bonds. The van der Waals surface area contributed by atoms with E-state index in [0.29, 0.717) is 12.0 Å². The van der Waals surface area contributed by atoms with Crippen molar-refractivity contribution in [2.75, 3.05) is 33.3 Å². The van der Waals surface area contributed by atoms with Crippen LogP contribution in [0.15, 0.2) is 36.4 Å². The van der Waals surface area contributed by atoms with Crippen LogP contribution in [0.1, 0.15) is 31.9 Å². The monoisotopic (exact) mass is 384 g/mol. The van der Waals surface area contributed by atoms with Crippen LogP contribution >= 0.6 is 24.8 Å². The molecule has 0 aromatic heterocycles. The second kappa shape index (κ2) is 10.2. The third kappa shape index (κ3) is 5.01. The number of rotatable bonds is 5. The molecule has 1 N–H and O–H groups in total. The van der Waals surface area contributed by atoms with E-state index in [1.165, 1.54) is 22.8 Å². The van der Waals surface area contributed by atoms with Crippen LogP contribution in [-0.2, 0) is 0 Å². The van der Waals surface area contributed by atoms with Gasteiger partial charge in [0.2, 0.25) is 0 Å². The molecule has 1 fully saturated rings. The van der Waals surface area contributed by atoms with Gasteiger partial charge in [-0.05, 0) is 29.4 Å². The molecule has 1 aliphatic rings. The van der Waals surface area contributed by atoms with Gasteiger partial charge in [-0.15, -0.1) is 24.8 Å². The Kier molecular flexibility index (Phi) is 9.01. The van der Waals surface area contributed by atoms with Crippen LogP contribution < -0.4 is 10.1 Å². The third-order valence-electron chi connectivity index (χ3n) is 4.78. The van der Waals surface area contributed by atoms with E-state index in [1.54, 1.807) is 7.11 Å². The first-order valence-electron chi connectivity index (χ1n) is 8.71. The lowest BCUT2D eigenvalue weighted by Crippen LogP contribution is -2.45. The van der Waals surface area contributed by atoms with Gasteiger partial charge in [0, 0.05) is 37.6 Å². The second-order valence-corrected chi connectivity index (χ2v) is 6.83. The minimum atomic E-state index is 0. The predicted octanol–water partition coefficient (Wildman–Crippen LogP) is 4.68. The predicted molar refractivity (Wildman–Crippen MR) is 112 cm³/mol. The van der Waals surface area contributed by atoms with Gasteiger partial charge in [0.1, 0.15) is 5.75 Å². The molecule has 1 atom stereocenters. The lowest BCUT2D eigenvalue weighted by atomic mass is 9.91. The minimum absolute atomic E-state index is 0. The fourth-order valence-corrected chi connectivity index (χ4v) is 3.68. The Morgan fingerprint density at radius 3 is 2.24 bits per heavy atom. The summed E-state index contributed by atoms with van der Waals surface area (Å²) in [5.74, 6) is 1.64. The van der Waals surface area contributed by atoms with Crippen LogP contribution in [0.4, 0.5) is 0 Å². The summed E-state index contributed by atoms with van der Waals surface area (Å²) in [6, 6.07) is 13.5. The quantitative estimate of drug-likeness (QED) is 0.809. The Labute approximate surface area is 163 Å². The first kappa shape index (κ1) is 22.0. The summed E-state index contributed by atoms with van der Waals surface area (Å²) in [5.41, 5.74) is 1.44. The summed E-state index contributed by atoms with van der Waals surface area (Å²) in [6.07, 6.45) is 1.19. The van der Waals surface area contributed by atoms with Crippen molar-refractivity contribution in [1.29, 1.82) is 0 Å². The van der Waals surface area contributed by atoms with E-state index in [4.69, 9.17) is 4.74 Å². The molecule has 1 saturated heterocycles. The van der Waals surface area contributed by atoms with Gasteiger partial charge in [0.25, 0.3) is 0 Å². The van der Waals surface area contributed by atoms with E-state index in [9.17, 15) is 0 Å². The summed E-state index contributed by atoms with van der Waals surface area (Å²) in [6.45, 7) is 9.06. The van der Waals surface area contributed by atoms with Gasteiger partial charge in [0.05, 0.1) is 7.11 Å². The summed E-state index contributed by atoms with van der Waals surface area (Å²) < 4.78 is 5.57. The fraction of sp³-hybridized carbons (Fsp3) is 0.500. The highest BCUT2D eigenvalue weighted by molar-refractivity contribution is 5.91. The standard InChI is InChI=1S/C20H28N2O.2ClH/c1-15(2)14-19(22-12-10-21-11-13-22)17-8-9-20(23-3)18-7-5-4-6-16(17)18;;/h4-9,15,19,21H,10-14H2,1-3H3;2*1H/t19-;;/m0../s1. The van der Waals surface area contributed by atoms with Crippen molar-refractivity contribution in [3.63, 3.8) is 0 Å². The molecule has 0 radical (unpaired) electrons. The molecule has 1 aliphatic heterocycles. The Morgan fingerprint density at radius 1 is 1.00 bits per heavy atom. The fourth-order valence-electron chi connectivity index (χ4n) is 3.68. The highest BCUT2D eigenvalue weighted by atomic mass is 35.5. The summed E-state index contributed by atoms with van der Waals surface area (Å²) in [4.78, 5) is 2.64. The highest BCUT2D eigenvalue weighted by Crippen LogP contribution is 2.36. The third-order valence-corrected chi connectivity index (χ3v) is 4.78. The largest absolute Gasteiger partial charge is 0.496 e. The number of methoxy groups -OCH3 is 1. The number of halogens is 2. The van der Waals surface area contributed by atoms with Crippen molar-refractivity contribution < 1.29 is 4.74 Å². The van der Waals surface area contributed by atoms with E-state index in [2.05, 4.69) is 60.5 Å². The second-order valence-electron chi connectivity index (χ2n) is 6.83. The maximum atomic E-state index is 5.57. The van der Waals surface area contributed by atoms with Crippen LogP contribution in [0.2, 0.25) is 0 Å². The van der Waals surface area contributed by atoms with Crippen molar-refractivity contribution >= 4 is 35.6 Å². The molecule has 0 saturated carbocycles. The Balaban J connectivity index is 0.00000156. The first-order chi connectivity index (χ1) is 11.2. The zero-order valence-electron chi connectivity index (χ0n) is 15.3. The maximum absolute atomic E-state index is 5.57. The van der Waals surface area contributed by atoms with E-state index in [0.717, 1.165) is 31.9 Å². The molecule has 1 heterocycles. The van der Waals surface area contributed by atoms with Crippen molar-refractivity contribution in [1.82, 2.24) is 10.2 Å². The normalized spacial score (nSPS) is 16.2. The lowest BCUT2D eigenvalue weighted by Gasteiger charge is -2.37. The number of hydrogen-bond acceptors (Lipinski definition) is 3. The van der Waals surface area contributed by atoms with E-state index >= 15 is 0 Å². The van der Waals surface area contributed by atoms with Gasteiger partial charge < -0.3 is 10.1 Å². The molecule has 0 bridgehead atoms. The van der Waals surface area contributed by atoms with Crippen molar-refractivity contribution in [2.45, 2.75) is 26.3 Å². The number of nitrogens with zero attached hydrogens (tertiary/aromatic N) is 1. The Bertz CT molecular complexity index is 657. The summed E-state index contributed by atoms with van der Waals surface area (Å²) in [7, 11) is 1.75. The van der Waals surface area contributed by atoms with E-state index < -0.39 is 0 Å². The zero-order chi connectivity index (χ0) is 16.2. The molecule has 0 unspecified atom stereocenters. The van der Waals surface area contributed by atoms with Crippen molar-refractivity contribution in [3.05, 3.63) is 42.0 Å². The van der Waals surface area contributed by atoms with Crippen molar-refractivity contribution in [2.24, 2.45) is 5.92 Å². The van der Waals surface area contributed by atoms with Crippen LogP contribution in [0, 0.1) is 5.92 Å². The Morgan fingerprint density at radius 2 is 1.64 bits per heavy atom. The molecular formula is C20H30Cl2N2O. The SMILES string of the molecule is COc1ccc([C@H](CC(C)C)N2CCNCC2)c2ccccc12.Cl.Cl. The molecule has 140 valence electrons. The van der Waals surface area contributed by atoms with Gasteiger partial charge in [-0.3, -0.25) is 4.90 Å². The molecule has 0 spiro atoms. The molecule has 2 aromatic rings. The first-order valence-corrected chi connectivity index (χ1v) is 8.71. The molecule has 0 aliphatic carbocycles. The molecule has 2 aromatic carbocycles. The number of fused-ring (bicyclic) bond motifs is 1. The molecule has 5 heteroatoms. The van der Waals surface area contributed by atoms with Gasteiger partial charge in [0.15, 0.2) is 0 Å². The number of nitrogens with one attached hydrogen (secondary N) is 1. The van der Waals surface area contributed by atoms with Gasteiger partial charge in [-0.1, -0.05) is 44.2 Å². The van der Waals surface area contributed by atoms with E-state index in [-0.39, 0.29) is 24.8 Å². The van der Waals surface area contributed by atoms with Gasteiger partial charge in [-0.25, -0.2) is 0 Å². The molecular weight excluding hydrogens is 355 g/mol. The number of piperazine rings is 1. The summed E-state index contributed by atoms with van der Waals surface area (Å²) in [5, 5.41) is 6.02. The average Bonchev–Trinajstić information content (AvgIpc) is 2.59. The minimum Gasteiger partial charge on any atom is -0.496 e. The van der Waals surface area contributed by atoms with Gasteiger partial charge in [-0.2, -0.15) is 0 Å². The molecule has 3 rings (SSSR count). The summed E-state index contributed by atoms with van der Waals surface area (Å²) >= 11 is 0. The lowest BCUT2D eigenvalue weighted by molar-refractivity contribution is 0.155. The molecule has 3 nitrogen and oxygen atoms in total. The smallest absolute Gasteiger partial charge is 0.126 e. The van der Waals surface area contributed by atoms with Crippen molar-refractivity contribution in [3.8, 4) is 5.75 Å². The zero-order valence-corrected chi connectivity index (χ0v) is 17.0. The molecule has 25 heavy (non-hydrogen) atoms. The topological polar surface area (TPSA) is 24.5 Å².